The Morgan fingerprint density at radius 1 is 1.20 bits per heavy atom. The molecule has 104 valence electrons. The Labute approximate surface area is 113 Å². The Bertz CT molecular complexity index is 605. The molecule has 2 rings (SSSR count). The summed E-state index contributed by atoms with van der Waals surface area (Å²) in [4.78, 5) is 46.2. The number of aromatic carboxylic acids is 1. The highest BCUT2D eigenvalue weighted by molar-refractivity contribution is 6.20. The van der Waals surface area contributed by atoms with Gasteiger partial charge in [-0.05, 0) is 12.1 Å². The van der Waals surface area contributed by atoms with Crippen LogP contribution in [0.1, 0.15) is 30.1 Å². The molecule has 1 aliphatic rings. The average molecular weight is 277 g/mol. The molecule has 1 fully saturated rings. The van der Waals surface area contributed by atoms with E-state index in [4.69, 9.17) is 9.84 Å². The quantitative estimate of drug-likeness (QED) is 0.501. The third-order valence-corrected chi connectivity index (χ3v) is 2.76. The van der Waals surface area contributed by atoms with Crippen LogP contribution in [0.3, 0.4) is 0 Å². The van der Waals surface area contributed by atoms with E-state index in [1.165, 1.54) is 18.2 Å². The number of rotatable bonds is 3. The number of benzene rings is 1. The second-order valence-corrected chi connectivity index (χ2v) is 4.20. The number of imide groups is 1. The smallest absolute Gasteiger partial charge is 0.339 e. The van der Waals surface area contributed by atoms with Crippen molar-refractivity contribution >= 4 is 29.4 Å². The summed E-state index contributed by atoms with van der Waals surface area (Å²) in [7, 11) is 0. The summed E-state index contributed by atoms with van der Waals surface area (Å²) in [6.07, 6.45) is 0.227. The molecule has 2 amide bonds. The lowest BCUT2D eigenvalue weighted by atomic mass is 10.1. The number of hydrogen-bond acceptors (Lipinski definition) is 5. The van der Waals surface area contributed by atoms with E-state index >= 15 is 0 Å². The summed E-state index contributed by atoms with van der Waals surface area (Å²) in [5, 5.41) is 9.00. The van der Waals surface area contributed by atoms with Gasteiger partial charge in [-0.25, -0.2) is 4.79 Å². The van der Waals surface area contributed by atoms with Crippen LogP contribution in [0.5, 0.6) is 5.75 Å². The first kappa shape index (κ1) is 13.7. The number of amides is 2. The van der Waals surface area contributed by atoms with Crippen molar-refractivity contribution in [1.29, 1.82) is 0 Å². The standard InChI is InChI=1S/C13H11NO6/c1-7(15)20-10-6-8(2-3-9(10)13(18)19)14-11(16)4-5-12(14)17/h2-3,6H,4-5H2,1H3,(H,18,19). The fourth-order valence-electron chi connectivity index (χ4n) is 1.93. The van der Waals surface area contributed by atoms with Crippen LogP contribution in [0.4, 0.5) is 5.69 Å². The monoisotopic (exact) mass is 277 g/mol. The van der Waals surface area contributed by atoms with Gasteiger partial charge in [0, 0.05) is 25.8 Å². The minimum absolute atomic E-state index is 0.114. The first-order valence-electron chi connectivity index (χ1n) is 5.81. The predicted molar refractivity (Wildman–Crippen MR) is 66.4 cm³/mol. The zero-order valence-electron chi connectivity index (χ0n) is 10.6. The van der Waals surface area contributed by atoms with Crippen molar-refractivity contribution in [3.05, 3.63) is 23.8 Å². The normalized spacial score (nSPS) is 14.6. The number of carboxylic acid groups (broad SMARTS) is 1. The lowest BCUT2D eigenvalue weighted by Crippen LogP contribution is -2.28. The minimum Gasteiger partial charge on any atom is -0.478 e. The summed E-state index contributed by atoms with van der Waals surface area (Å²) >= 11 is 0. The van der Waals surface area contributed by atoms with E-state index in [0.29, 0.717) is 0 Å². The zero-order chi connectivity index (χ0) is 14.9. The topological polar surface area (TPSA) is 101 Å². The predicted octanol–water partition coefficient (Wildman–Crippen LogP) is 0.964. The molecule has 0 aromatic heterocycles. The maximum atomic E-state index is 11.6. The van der Waals surface area contributed by atoms with E-state index in [1.807, 2.05) is 0 Å². The Kier molecular flexibility index (Phi) is 3.51. The SMILES string of the molecule is CC(=O)Oc1cc(N2C(=O)CCC2=O)ccc1C(=O)O. The molecule has 0 bridgehead atoms. The van der Waals surface area contributed by atoms with Gasteiger partial charge < -0.3 is 9.84 Å². The van der Waals surface area contributed by atoms with Gasteiger partial charge in [-0.3, -0.25) is 19.3 Å². The number of ether oxygens (including phenoxy) is 1. The summed E-state index contributed by atoms with van der Waals surface area (Å²) in [6.45, 7) is 1.13. The Balaban J connectivity index is 2.46. The molecule has 1 heterocycles. The first-order valence-corrected chi connectivity index (χ1v) is 5.81. The van der Waals surface area contributed by atoms with Crippen molar-refractivity contribution in [3.63, 3.8) is 0 Å². The molecule has 0 radical (unpaired) electrons. The average Bonchev–Trinajstić information content (AvgIpc) is 2.68. The van der Waals surface area contributed by atoms with Crippen LogP contribution in [-0.2, 0) is 14.4 Å². The van der Waals surface area contributed by atoms with E-state index in [0.717, 1.165) is 11.8 Å². The van der Waals surface area contributed by atoms with Gasteiger partial charge >= 0.3 is 11.9 Å². The first-order chi connectivity index (χ1) is 9.40. The van der Waals surface area contributed by atoms with Crippen LogP contribution in [0, 0.1) is 0 Å². The van der Waals surface area contributed by atoms with Crippen LogP contribution in [0.2, 0.25) is 0 Å². The van der Waals surface area contributed by atoms with Crippen molar-refractivity contribution in [2.45, 2.75) is 19.8 Å². The molecule has 1 N–H and O–H groups in total. The number of nitrogens with zero attached hydrogens (tertiary/aromatic N) is 1. The van der Waals surface area contributed by atoms with Crippen molar-refractivity contribution < 1.29 is 29.0 Å². The van der Waals surface area contributed by atoms with E-state index in [1.54, 1.807) is 0 Å². The second-order valence-electron chi connectivity index (χ2n) is 4.20. The highest BCUT2D eigenvalue weighted by atomic mass is 16.5. The fraction of sp³-hybridized carbons (Fsp3) is 0.231. The highest BCUT2D eigenvalue weighted by Gasteiger charge is 2.31. The largest absolute Gasteiger partial charge is 0.478 e. The molecule has 20 heavy (non-hydrogen) atoms. The Morgan fingerprint density at radius 3 is 2.30 bits per heavy atom. The molecule has 1 aliphatic heterocycles. The van der Waals surface area contributed by atoms with Gasteiger partial charge in [-0.1, -0.05) is 0 Å². The van der Waals surface area contributed by atoms with Gasteiger partial charge in [0.15, 0.2) is 0 Å². The van der Waals surface area contributed by atoms with Crippen LogP contribution >= 0.6 is 0 Å². The summed E-state index contributed by atoms with van der Waals surface area (Å²) < 4.78 is 4.81. The lowest BCUT2D eigenvalue weighted by Gasteiger charge is -2.15. The van der Waals surface area contributed by atoms with Crippen molar-refractivity contribution in [2.24, 2.45) is 0 Å². The van der Waals surface area contributed by atoms with Gasteiger partial charge in [0.2, 0.25) is 11.8 Å². The molecular weight excluding hydrogens is 266 g/mol. The number of esters is 1. The molecule has 1 saturated heterocycles. The highest BCUT2D eigenvalue weighted by Crippen LogP contribution is 2.29. The summed E-state index contributed by atoms with van der Waals surface area (Å²) in [6, 6.07) is 3.72. The lowest BCUT2D eigenvalue weighted by molar-refractivity contribution is -0.132. The Morgan fingerprint density at radius 2 is 1.80 bits per heavy atom. The summed E-state index contributed by atoms with van der Waals surface area (Å²) in [5.74, 6) is -2.90. The molecular formula is C13H11NO6. The third-order valence-electron chi connectivity index (χ3n) is 2.76. The van der Waals surface area contributed by atoms with E-state index < -0.39 is 11.9 Å². The zero-order valence-corrected chi connectivity index (χ0v) is 10.6. The van der Waals surface area contributed by atoms with Gasteiger partial charge in [0.1, 0.15) is 11.3 Å². The van der Waals surface area contributed by atoms with Crippen LogP contribution in [0.25, 0.3) is 0 Å². The number of anilines is 1. The molecule has 7 heteroatoms. The van der Waals surface area contributed by atoms with Crippen LogP contribution in [-0.4, -0.2) is 28.9 Å². The number of carbonyl (C=O) groups excluding carboxylic acids is 3. The van der Waals surface area contributed by atoms with Crippen LogP contribution < -0.4 is 9.64 Å². The summed E-state index contributed by atoms with van der Waals surface area (Å²) in [5.41, 5.74) is -0.0261. The van der Waals surface area contributed by atoms with Gasteiger partial charge in [0.25, 0.3) is 0 Å². The molecule has 1 aromatic carbocycles. The maximum absolute atomic E-state index is 11.6. The van der Waals surface area contributed by atoms with E-state index in [2.05, 4.69) is 0 Å². The number of carbonyl (C=O) groups is 4. The second kappa shape index (κ2) is 5.12. The molecule has 7 nitrogen and oxygen atoms in total. The maximum Gasteiger partial charge on any atom is 0.339 e. The van der Waals surface area contributed by atoms with Gasteiger partial charge in [-0.15, -0.1) is 0 Å². The molecule has 0 spiro atoms. The van der Waals surface area contributed by atoms with Gasteiger partial charge in [-0.2, -0.15) is 0 Å². The minimum atomic E-state index is -1.27. The molecule has 1 aromatic rings. The third kappa shape index (κ3) is 2.51. The van der Waals surface area contributed by atoms with Crippen molar-refractivity contribution in [2.75, 3.05) is 4.90 Å². The molecule has 0 atom stereocenters. The van der Waals surface area contributed by atoms with E-state index in [-0.39, 0.29) is 41.7 Å². The fourth-order valence-corrected chi connectivity index (χ4v) is 1.93. The Hall–Kier alpha value is -2.70. The van der Waals surface area contributed by atoms with Crippen molar-refractivity contribution in [3.8, 4) is 5.75 Å². The van der Waals surface area contributed by atoms with Crippen LogP contribution in [0.15, 0.2) is 18.2 Å². The molecule has 0 unspecified atom stereocenters. The van der Waals surface area contributed by atoms with E-state index in [9.17, 15) is 19.2 Å². The number of carboxylic acids is 1. The molecule has 0 saturated carbocycles. The molecule has 0 aliphatic carbocycles. The van der Waals surface area contributed by atoms with Crippen molar-refractivity contribution in [1.82, 2.24) is 0 Å². The van der Waals surface area contributed by atoms with Gasteiger partial charge in [0.05, 0.1) is 5.69 Å². The number of hydrogen-bond donors (Lipinski definition) is 1.